The van der Waals surface area contributed by atoms with E-state index in [2.05, 4.69) is 44.1 Å². The van der Waals surface area contributed by atoms with E-state index in [1.165, 1.54) is 64.2 Å². The number of carboxylic acids is 3. The van der Waals surface area contributed by atoms with Crippen molar-refractivity contribution < 1.29 is 72.6 Å². The molecule has 422 valence electrons. The van der Waals surface area contributed by atoms with Gasteiger partial charge in [0.1, 0.15) is 25.3 Å². The molecule has 1 aliphatic rings. The quantitative estimate of drug-likeness (QED) is 0.0288. The first kappa shape index (κ1) is 66.9. The van der Waals surface area contributed by atoms with E-state index in [-0.39, 0.29) is 127 Å². The molecule has 0 unspecified atom stereocenters. The fraction of sp³-hybridized carbons (Fsp3) is 0.843. The maximum absolute atomic E-state index is 13.0. The third-order valence-electron chi connectivity index (χ3n) is 12.7. The second kappa shape index (κ2) is 46.4. The van der Waals surface area contributed by atoms with Crippen LogP contribution in [0.15, 0.2) is 0 Å². The number of carbonyl (C=O) groups excluding carboxylic acids is 5. The monoisotopic (exact) mass is 1060 g/mol. The summed E-state index contributed by atoms with van der Waals surface area (Å²) in [7, 11) is 0. The number of rotatable bonds is 50. The van der Waals surface area contributed by atoms with Gasteiger partial charge in [0.25, 0.3) is 0 Å². The van der Waals surface area contributed by atoms with Crippen LogP contribution in [0.2, 0.25) is 0 Å². The number of carboxylic acid groups (broad SMARTS) is 3. The van der Waals surface area contributed by atoms with Gasteiger partial charge in [0, 0.05) is 51.4 Å². The van der Waals surface area contributed by atoms with E-state index in [0.29, 0.717) is 51.6 Å². The number of hydrogen-bond acceptors (Lipinski definition) is 14. The molecule has 0 aromatic heterocycles. The lowest BCUT2D eigenvalue weighted by Gasteiger charge is -2.28. The summed E-state index contributed by atoms with van der Waals surface area (Å²) in [6.07, 6.45) is 23.7. The number of amides is 5. The van der Waals surface area contributed by atoms with Crippen LogP contribution in [0.25, 0.3) is 0 Å². The number of thiol groups is 1. The molecule has 0 spiro atoms. The van der Waals surface area contributed by atoms with Crippen molar-refractivity contribution in [1.29, 1.82) is 0 Å². The van der Waals surface area contributed by atoms with Crippen LogP contribution >= 0.6 is 12.8 Å². The van der Waals surface area contributed by atoms with Gasteiger partial charge in [0.15, 0.2) is 0 Å². The first-order chi connectivity index (χ1) is 35.3. The van der Waals surface area contributed by atoms with Crippen LogP contribution in [0.4, 0.5) is 0 Å². The molecule has 1 aliphatic carbocycles. The minimum atomic E-state index is -1.21. The summed E-state index contributed by atoms with van der Waals surface area (Å²) < 4.78 is 23.8. The van der Waals surface area contributed by atoms with E-state index in [1.807, 2.05) is 0 Å². The number of carbonyl (C=O) groups is 8. The maximum atomic E-state index is 13.0. The summed E-state index contributed by atoms with van der Waals surface area (Å²) in [5.74, 6) is -4.18. The molecule has 0 heterocycles. The molecule has 1 saturated carbocycles. The predicted molar refractivity (Wildman–Crippen MR) is 278 cm³/mol. The van der Waals surface area contributed by atoms with Crippen molar-refractivity contribution >= 4 is 60.3 Å². The molecule has 21 nitrogen and oxygen atoms in total. The Morgan fingerprint density at radius 2 is 0.877 bits per heavy atom. The van der Waals surface area contributed by atoms with Gasteiger partial charge in [-0.25, -0.2) is 4.79 Å². The highest BCUT2D eigenvalue weighted by Gasteiger charge is 2.30. The van der Waals surface area contributed by atoms with Crippen molar-refractivity contribution in [3.63, 3.8) is 0 Å². The van der Waals surface area contributed by atoms with Crippen LogP contribution in [0, 0.1) is 11.8 Å². The van der Waals surface area contributed by atoms with Crippen molar-refractivity contribution in [2.45, 2.75) is 185 Å². The van der Waals surface area contributed by atoms with Crippen molar-refractivity contribution in [3.05, 3.63) is 0 Å². The summed E-state index contributed by atoms with van der Waals surface area (Å²) in [6.45, 7) is 2.27. The van der Waals surface area contributed by atoms with Crippen molar-refractivity contribution in [3.8, 4) is 0 Å². The molecule has 0 aliphatic heterocycles. The van der Waals surface area contributed by atoms with Crippen LogP contribution in [-0.4, -0.2) is 154 Å². The van der Waals surface area contributed by atoms with E-state index >= 15 is 0 Å². The number of unbranched alkanes of at least 4 members (excludes halogenated alkanes) is 16. The fourth-order valence-electron chi connectivity index (χ4n) is 8.26. The highest BCUT2D eigenvalue weighted by atomic mass is 32.1. The minimum Gasteiger partial charge on any atom is -0.481 e. The molecule has 22 heteroatoms. The summed E-state index contributed by atoms with van der Waals surface area (Å²) >= 11 is 3.78. The van der Waals surface area contributed by atoms with E-state index in [9.17, 15) is 43.5 Å². The van der Waals surface area contributed by atoms with Gasteiger partial charge in [0.2, 0.25) is 29.5 Å². The molecule has 73 heavy (non-hydrogen) atoms. The zero-order chi connectivity index (χ0) is 53.6. The van der Waals surface area contributed by atoms with E-state index in [0.717, 1.165) is 51.4 Å². The summed E-state index contributed by atoms with van der Waals surface area (Å²) in [4.78, 5) is 95.0. The van der Waals surface area contributed by atoms with Crippen LogP contribution in [0.3, 0.4) is 0 Å². The lowest BCUT2D eigenvalue weighted by Crippen LogP contribution is -2.45. The Morgan fingerprint density at radius 3 is 1.36 bits per heavy atom. The Morgan fingerprint density at radius 1 is 0.438 bits per heavy atom. The van der Waals surface area contributed by atoms with Gasteiger partial charge in [-0.2, -0.15) is 0 Å². The molecule has 0 aromatic carbocycles. The molecule has 2 atom stereocenters. The Kier molecular flexibility index (Phi) is 42.6. The summed E-state index contributed by atoms with van der Waals surface area (Å²) in [5.41, 5.74) is 0. The number of hydrogen-bond donors (Lipinski definition) is 10. The van der Waals surface area contributed by atoms with Crippen molar-refractivity contribution in [1.82, 2.24) is 31.3 Å². The Labute approximate surface area is 439 Å². The van der Waals surface area contributed by atoms with Crippen LogP contribution in [-0.2, 0) is 57.3 Å². The SMILES string of the molecule is O=C(O)CCCCCCCCCCCCCCCCCCC(=O)NCC1CCC(C(=O)N[C@@H](CCC(=O)NCCOCCOCC(=O)NCCOCCOCC(=O)NCCCC[C@H](NS)C(=O)O)C(=O)O)CC1. The van der Waals surface area contributed by atoms with Gasteiger partial charge in [-0.3, -0.25) is 38.3 Å². The second-order valence-electron chi connectivity index (χ2n) is 18.9. The summed E-state index contributed by atoms with van der Waals surface area (Å²) in [5, 5.41) is 41.0. The van der Waals surface area contributed by atoms with E-state index in [4.69, 9.17) is 29.2 Å². The summed E-state index contributed by atoms with van der Waals surface area (Å²) in [6, 6.07) is -1.93. The first-order valence-electron chi connectivity index (χ1n) is 27.1. The van der Waals surface area contributed by atoms with Gasteiger partial charge < -0.3 is 60.9 Å². The van der Waals surface area contributed by atoms with Crippen molar-refractivity contribution in [2.24, 2.45) is 11.8 Å². The minimum absolute atomic E-state index is 0.0618. The van der Waals surface area contributed by atoms with Crippen LogP contribution in [0.5, 0.6) is 0 Å². The predicted octanol–water partition coefficient (Wildman–Crippen LogP) is 4.84. The van der Waals surface area contributed by atoms with Gasteiger partial charge in [-0.05, 0) is 70.1 Å². The third-order valence-corrected chi connectivity index (χ3v) is 13.0. The zero-order valence-electron chi connectivity index (χ0n) is 43.6. The highest BCUT2D eigenvalue weighted by molar-refractivity contribution is 7.78. The normalized spacial score (nSPS) is 15.2. The average molecular weight is 1060 g/mol. The molecule has 0 saturated heterocycles. The van der Waals surface area contributed by atoms with E-state index in [1.54, 1.807) is 0 Å². The lowest BCUT2D eigenvalue weighted by molar-refractivity contribution is -0.143. The lowest BCUT2D eigenvalue weighted by atomic mass is 9.81. The number of nitrogens with one attached hydrogen (secondary N) is 6. The fourth-order valence-corrected chi connectivity index (χ4v) is 8.50. The second-order valence-corrected chi connectivity index (χ2v) is 19.2. The number of ether oxygens (including phenoxy) is 4. The highest BCUT2D eigenvalue weighted by Crippen LogP contribution is 2.29. The van der Waals surface area contributed by atoms with Gasteiger partial charge in [0.05, 0.1) is 39.6 Å². The van der Waals surface area contributed by atoms with Gasteiger partial charge >= 0.3 is 17.9 Å². The topological polar surface area (TPSA) is 306 Å². The molecular weight excluding hydrogens is 969 g/mol. The molecule has 0 bridgehead atoms. The zero-order valence-corrected chi connectivity index (χ0v) is 44.5. The first-order valence-corrected chi connectivity index (χ1v) is 27.5. The average Bonchev–Trinajstić information content (AvgIpc) is 3.36. The van der Waals surface area contributed by atoms with Gasteiger partial charge in [-0.15, -0.1) is 0 Å². The number of aliphatic carboxylic acids is 3. The third kappa shape index (κ3) is 40.9. The van der Waals surface area contributed by atoms with Crippen LogP contribution < -0.4 is 31.3 Å². The van der Waals surface area contributed by atoms with Crippen LogP contribution in [0.1, 0.15) is 173 Å². The largest absolute Gasteiger partial charge is 0.481 e. The smallest absolute Gasteiger partial charge is 0.326 e. The Bertz CT molecular complexity index is 1520. The Balaban J connectivity index is 1.97. The molecule has 5 amide bonds. The molecule has 0 radical (unpaired) electrons. The van der Waals surface area contributed by atoms with E-state index < -0.39 is 30.0 Å². The molecule has 1 rings (SSSR count). The molecule has 9 N–H and O–H groups in total. The Hall–Kier alpha value is -4.09. The maximum Gasteiger partial charge on any atom is 0.326 e. The molecule has 1 fully saturated rings. The molecular formula is C51H92N6O15S. The van der Waals surface area contributed by atoms with Crippen molar-refractivity contribution in [2.75, 3.05) is 79.0 Å². The molecule has 0 aromatic rings. The standard InChI is InChI=1S/C51H92N6O15S/c58-44(20-15-13-11-9-7-5-3-1-2-4-6-8-10-12-14-16-21-48(62)63)55-37-40-22-24-41(25-23-40)49(64)56-42(50(65)66)26-27-45(59)53-29-31-69-33-36-72-39-47(61)54-30-32-70-34-35-71-38-46(60)52-28-18-17-19-43(57-73)51(67)68/h40-43,57,73H,1-39H2,(H,52,60)(H,53,59)(H,54,61)(H,55,58)(H,56,64)(H,62,63)(H,65,66)(H,67,68)/t40?,41?,42-,43-/m0/s1. The van der Waals surface area contributed by atoms with Gasteiger partial charge in [-0.1, -0.05) is 103 Å².